The lowest BCUT2D eigenvalue weighted by atomic mass is 10.2. The van der Waals surface area contributed by atoms with Gasteiger partial charge in [-0.1, -0.05) is 33.6 Å². The van der Waals surface area contributed by atoms with Crippen LogP contribution >= 0.6 is 0 Å². The van der Waals surface area contributed by atoms with Gasteiger partial charge in [0.1, 0.15) is 0 Å². The molecule has 0 radical (unpaired) electrons. The predicted molar refractivity (Wildman–Crippen MR) is 91.6 cm³/mol. The minimum atomic E-state index is -3.19. The van der Waals surface area contributed by atoms with Crippen molar-refractivity contribution in [3.05, 3.63) is 0 Å². The van der Waals surface area contributed by atoms with Gasteiger partial charge in [-0.2, -0.15) is 0 Å². The van der Waals surface area contributed by atoms with Crippen molar-refractivity contribution in [3.8, 4) is 0 Å². The minimum absolute atomic E-state index is 0.0425. The van der Waals surface area contributed by atoms with Crippen LogP contribution in [0.5, 0.6) is 0 Å². The minimum Gasteiger partial charge on any atom is -0.378 e. The van der Waals surface area contributed by atoms with E-state index in [0.29, 0.717) is 19.3 Å². The van der Waals surface area contributed by atoms with E-state index >= 15 is 0 Å². The van der Waals surface area contributed by atoms with E-state index in [2.05, 4.69) is 23.5 Å². The third kappa shape index (κ3) is 8.46. The van der Waals surface area contributed by atoms with Gasteiger partial charge in [0.05, 0.1) is 18.5 Å². The average molecular weight is 335 g/mol. The summed E-state index contributed by atoms with van der Waals surface area (Å²) < 4.78 is 32.6. The van der Waals surface area contributed by atoms with Gasteiger partial charge in [-0.25, -0.2) is 13.1 Å². The van der Waals surface area contributed by atoms with Crippen molar-refractivity contribution < 1.29 is 13.2 Å². The van der Waals surface area contributed by atoms with Crippen LogP contribution in [0.1, 0.15) is 52.9 Å². The maximum Gasteiger partial charge on any atom is 0.211 e. The first kappa shape index (κ1) is 19.9. The molecule has 1 atom stereocenters. The predicted octanol–water partition coefficient (Wildman–Crippen LogP) is 2.23. The van der Waals surface area contributed by atoms with Gasteiger partial charge in [0.25, 0.3) is 0 Å². The molecule has 1 fully saturated rings. The summed E-state index contributed by atoms with van der Waals surface area (Å²) >= 11 is 0. The largest absolute Gasteiger partial charge is 0.378 e. The molecular formula is C16H34N2O3S. The molecule has 6 heteroatoms. The molecule has 0 bridgehead atoms. The van der Waals surface area contributed by atoms with Gasteiger partial charge in [-0.3, -0.25) is 0 Å². The van der Waals surface area contributed by atoms with Gasteiger partial charge in [0.2, 0.25) is 10.0 Å². The molecule has 0 aromatic carbocycles. The van der Waals surface area contributed by atoms with Gasteiger partial charge in [-0.05, 0) is 44.8 Å². The van der Waals surface area contributed by atoms with Crippen molar-refractivity contribution in [2.45, 2.75) is 59.0 Å². The van der Waals surface area contributed by atoms with Gasteiger partial charge in [0.15, 0.2) is 0 Å². The summed E-state index contributed by atoms with van der Waals surface area (Å²) in [5.74, 6) is 0.200. The molecule has 0 aromatic rings. The van der Waals surface area contributed by atoms with Crippen molar-refractivity contribution in [2.75, 3.05) is 38.5 Å². The Morgan fingerprint density at radius 2 is 1.86 bits per heavy atom. The molecule has 0 saturated heterocycles. The second-order valence-corrected chi connectivity index (χ2v) is 8.25. The lowest BCUT2D eigenvalue weighted by Gasteiger charge is -2.18. The number of ether oxygens (including phenoxy) is 1. The molecule has 1 aliphatic rings. The Kier molecular flexibility index (Phi) is 9.55. The second-order valence-electron chi connectivity index (χ2n) is 6.40. The lowest BCUT2D eigenvalue weighted by molar-refractivity contribution is 0.0412. The number of nitrogens with zero attached hydrogens (tertiary/aromatic N) is 1. The van der Waals surface area contributed by atoms with Crippen LogP contribution in [0.3, 0.4) is 0 Å². The van der Waals surface area contributed by atoms with Crippen LogP contribution in [-0.4, -0.2) is 58.0 Å². The standard InChI is InChI=1S/C16H34N2O3S/c1-4-18(5-2)12-8-11-17-22(19,20)14-15(3)13-21-16-9-6-7-10-16/h15-17H,4-14H2,1-3H3. The van der Waals surface area contributed by atoms with Crippen molar-refractivity contribution in [2.24, 2.45) is 5.92 Å². The lowest BCUT2D eigenvalue weighted by Crippen LogP contribution is -2.33. The summed E-state index contributed by atoms with van der Waals surface area (Å²) in [5.41, 5.74) is 0. The fourth-order valence-corrected chi connectivity index (χ4v) is 4.33. The Morgan fingerprint density at radius 1 is 1.23 bits per heavy atom. The van der Waals surface area contributed by atoms with E-state index in [1.807, 2.05) is 6.92 Å². The topological polar surface area (TPSA) is 58.6 Å². The maximum absolute atomic E-state index is 12.0. The fourth-order valence-electron chi connectivity index (χ4n) is 2.91. The molecule has 1 unspecified atom stereocenters. The van der Waals surface area contributed by atoms with Crippen LogP contribution in [0.25, 0.3) is 0 Å². The Morgan fingerprint density at radius 3 is 2.45 bits per heavy atom. The summed E-state index contributed by atoms with van der Waals surface area (Å²) in [7, 11) is -3.19. The maximum atomic E-state index is 12.0. The summed E-state index contributed by atoms with van der Waals surface area (Å²) in [6.07, 6.45) is 5.95. The number of nitrogens with one attached hydrogen (secondary N) is 1. The van der Waals surface area contributed by atoms with E-state index < -0.39 is 10.0 Å². The quantitative estimate of drug-likeness (QED) is 0.556. The van der Waals surface area contributed by atoms with E-state index in [-0.39, 0.29) is 11.7 Å². The normalized spacial score (nSPS) is 18.2. The van der Waals surface area contributed by atoms with Gasteiger partial charge in [-0.15, -0.1) is 0 Å². The fraction of sp³-hybridized carbons (Fsp3) is 1.00. The zero-order valence-corrected chi connectivity index (χ0v) is 15.3. The van der Waals surface area contributed by atoms with Crippen LogP contribution in [0.15, 0.2) is 0 Å². The smallest absolute Gasteiger partial charge is 0.211 e. The Balaban J connectivity index is 2.16. The molecule has 0 aromatic heterocycles. The van der Waals surface area contributed by atoms with E-state index in [0.717, 1.165) is 38.9 Å². The molecule has 1 saturated carbocycles. The summed E-state index contributed by atoms with van der Waals surface area (Å²) in [6.45, 7) is 10.2. The molecule has 1 N–H and O–H groups in total. The van der Waals surface area contributed by atoms with Crippen molar-refractivity contribution in [3.63, 3.8) is 0 Å². The molecular weight excluding hydrogens is 300 g/mol. The highest BCUT2D eigenvalue weighted by molar-refractivity contribution is 7.89. The Labute approximate surface area is 136 Å². The SMILES string of the molecule is CCN(CC)CCCNS(=O)(=O)CC(C)COC1CCCC1. The third-order valence-electron chi connectivity index (χ3n) is 4.29. The zero-order chi connectivity index (χ0) is 16.4. The molecule has 22 heavy (non-hydrogen) atoms. The summed E-state index contributed by atoms with van der Waals surface area (Å²) in [6, 6.07) is 0. The van der Waals surface area contributed by atoms with E-state index in [9.17, 15) is 8.42 Å². The third-order valence-corrected chi connectivity index (χ3v) is 5.94. The van der Waals surface area contributed by atoms with Crippen LogP contribution in [0.4, 0.5) is 0 Å². The molecule has 0 heterocycles. The highest BCUT2D eigenvalue weighted by Crippen LogP contribution is 2.21. The van der Waals surface area contributed by atoms with Crippen LogP contribution in [0.2, 0.25) is 0 Å². The van der Waals surface area contributed by atoms with Crippen LogP contribution < -0.4 is 4.72 Å². The number of sulfonamides is 1. The summed E-state index contributed by atoms with van der Waals surface area (Å²) in [4.78, 5) is 2.30. The molecule has 0 amide bonds. The van der Waals surface area contributed by atoms with E-state index in [1.165, 1.54) is 12.8 Å². The van der Waals surface area contributed by atoms with Crippen molar-refractivity contribution in [1.29, 1.82) is 0 Å². The molecule has 0 spiro atoms. The van der Waals surface area contributed by atoms with E-state index in [1.54, 1.807) is 0 Å². The van der Waals surface area contributed by atoms with Gasteiger partial charge < -0.3 is 9.64 Å². The number of hydrogen-bond acceptors (Lipinski definition) is 4. The molecule has 132 valence electrons. The van der Waals surface area contributed by atoms with Crippen LogP contribution in [0, 0.1) is 5.92 Å². The number of hydrogen-bond donors (Lipinski definition) is 1. The summed E-state index contributed by atoms with van der Waals surface area (Å²) in [5, 5.41) is 0. The van der Waals surface area contributed by atoms with Gasteiger partial charge in [0, 0.05) is 6.54 Å². The second kappa shape index (κ2) is 10.6. The Hall–Kier alpha value is -0.170. The first-order chi connectivity index (χ1) is 10.5. The molecule has 0 aliphatic heterocycles. The molecule has 1 aliphatic carbocycles. The first-order valence-corrected chi connectivity index (χ1v) is 10.4. The monoisotopic (exact) mass is 334 g/mol. The average Bonchev–Trinajstić information content (AvgIpc) is 2.98. The van der Waals surface area contributed by atoms with Crippen LogP contribution in [-0.2, 0) is 14.8 Å². The highest BCUT2D eigenvalue weighted by atomic mass is 32.2. The number of rotatable bonds is 12. The first-order valence-electron chi connectivity index (χ1n) is 8.78. The van der Waals surface area contributed by atoms with Gasteiger partial charge >= 0.3 is 0 Å². The van der Waals surface area contributed by atoms with Crippen molar-refractivity contribution >= 4 is 10.0 Å². The van der Waals surface area contributed by atoms with E-state index in [4.69, 9.17) is 4.74 Å². The van der Waals surface area contributed by atoms with Crippen molar-refractivity contribution in [1.82, 2.24) is 9.62 Å². The molecule has 1 rings (SSSR count). The highest BCUT2D eigenvalue weighted by Gasteiger charge is 2.19. The molecule has 5 nitrogen and oxygen atoms in total. The zero-order valence-electron chi connectivity index (χ0n) is 14.5. The Bertz CT molecular complexity index is 377.